The molecule has 0 spiro atoms. The van der Waals surface area contributed by atoms with Crippen molar-refractivity contribution in [3.8, 4) is 0 Å². The molecule has 2 rings (SSSR count). The van der Waals surface area contributed by atoms with Crippen molar-refractivity contribution in [1.82, 2.24) is 4.90 Å². The molecule has 2 unspecified atom stereocenters. The van der Waals surface area contributed by atoms with Gasteiger partial charge < -0.3 is 10.0 Å². The SMILES string of the molecule is CC(C(=O)O)C(C)C(=O)N(Cc1ccccc1Br)C1CC1. The van der Waals surface area contributed by atoms with Crippen LogP contribution in [0, 0.1) is 11.8 Å². The molecule has 0 aliphatic heterocycles. The number of carboxylic acid groups (broad SMARTS) is 1. The molecule has 1 amide bonds. The molecule has 1 fully saturated rings. The first kappa shape index (κ1) is 16.0. The lowest BCUT2D eigenvalue weighted by atomic mass is 9.94. The van der Waals surface area contributed by atoms with Crippen molar-refractivity contribution in [1.29, 1.82) is 0 Å². The van der Waals surface area contributed by atoms with E-state index in [-0.39, 0.29) is 11.9 Å². The van der Waals surface area contributed by atoms with Gasteiger partial charge in [0.1, 0.15) is 0 Å². The van der Waals surface area contributed by atoms with Crippen molar-refractivity contribution in [3.05, 3.63) is 34.3 Å². The quantitative estimate of drug-likeness (QED) is 0.853. The van der Waals surface area contributed by atoms with Crippen LogP contribution in [0.1, 0.15) is 32.3 Å². The second-order valence-corrected chi connectivity index (χ2v) is 6.56. The van der Waals surface area contributed by atoms with Gasteiger partial charge in [-0.05, 0) is 24.5 Å². The second kappa shape index (κ2) is 6.60. The Kier molecular flexibility index (Phi) is 5.04. The molecular formula is C16H20BrNO3. The van der Waals surface area contributed by atoms with Crippen LogP contribution in [0.25, 0.3) is 0 Å². The first-order chi connectivity index (χ1) is 9.91. The maximum atomic E-state index is 12.6. The van der Waals surface area contributed by atoms with Crippen LogP contribution in [0.3, 0.4) is 0 Å². The van der Waals surface area contributed by atoms with E-state index in [1.54, 1.807) is 13.8 Å². The molecule has 21 heavy (non-hydrogen) atoms. The molecule has 0 saturated heterocycles. The van der Waals surface area contributed by atoms with Crippen LogP contribution < -0.4 is 0 Å². The first-order valence-corrected chi connectivity index (χ1v) is 7.97. The summed E-state index contributed by atoms with van der Waals surface area (Å²) in [5, 5.41) is 9.09. The lowest BCUT2D eigenvalue weighted by molar-refractivity contribution is -0.149. The molecule has 1 saturated carbocycles. The third kappa shape index (κ3) is 3.84. The van der Waals surface area contributed by atoms with Gasteiger partial charge in [0.2, 0.25) is 5.91 Å². The summed E-state index contributed by atoms with van der Waals surface area (Å²) >= 11 is 3.50. The number of hydrogen-bond acceptors (Lipinski definition) is 2. The Morgan fingerprint density at radius 3 is 2.43 bits per heavy atom. The Morgan fingerprint density at radius 1 is 1.29 bits per heavy atom. The van der Waals surface area contributed by atoms with Crippen molar-refractivity contribution in [2.75, 3.05) is 0 Å². The van der Waals surface area contributed by atoms with Gasteiger partial charge in [0, 0.05) is 23.0 Å². The first-order valence-electron chi connectivity index (χ1n) is 7.18. The van der Waals surface area contributed by atoms with Gasteiger partial charge in [0.25, 0.3) is 0 Å². The monoisotopic (exact) mass is 353 g/mol. The molecule has 1 aromatic carbocycles. The fourth-order valence-electron chi connectivity index (χ4n) is 2.27. The predicted octanol–water partition coefficient (Wildman–Crippen LogP) is 3.30. The number of halogens is 1. The summed E-state index contributed by atoms with van der Waals surface area (Å²) in [6.07, 6.45) is 2.01. The highest BCUT2D eigenvalue weighted by molar-refractivity contribution is 9.10. The van der Waals surface area contributed by atoms with Crippen LogP contribution in [0.15, 0.2) is 28.7 Å². The van der Waals surface area contributed by atoms with Gasteiger partial charge >= 0.3 is 5.97 Å². The van der Waals surface area contributed by atoms with E-state index >= 15 is 0 Å². The summed E-state index contributed by atoms with van der Waals surface area (Å²) in [6, 6.07) is 8.07. The highest BCUT2D eigenvalue weighted by atomic mass is 79.9. The number of rotatable bonds is 6. The van der Waals surface area contributed by atoms with Crippen molar-refractivity contribution >= 4 is 27.8 Å². The van der Waals surface area contributed by atoms with E-state index < -0.39 is 17.8 Å². The zero-order chi connectivity index (χ0) is 15.6. The smallest absolute Gasteiger partial charge is 0.307 e. The molecule has 1 aromatic rings. The number of carbonyl (C=O) groups is 2. The van der Waals surface area contributed by atoms with Crippen LogP contribution in [-0.4, -0.2) is 27.9 Å². The molecule has 0 aromatic heterocycles. The number of amides is 1. The fourth-order valence-corrected chi connectivity index (χ4v) is 2.68. The van der Waals surface area contributed by atoms with Crippen molar-refractivity contribution in [3.63, 3.8) is 0 Å². The van der Waals surface area contributed by atoms with Crippen LogP contribution in [0.2, 0.25) is 0 Å². The van der Waals surface area contributed by atoms with E-state index in [0.29, 0.717) is 6.54 Å². The molecule has 0 heterocycles. The van der Waals surface area contributed by atoms with E-state index in [1.807, 2.05) is 29.2 Å². The summed E-state index contributed by atoms with van der Waals surface area (Å²) in [6.45, 7) is 3.83. The minimum atomic E-state index is -0.924. The highest BCUT2D eigenvalue weighted by Gasteiger charge is 2.37. The molecule has 114 valence electrons. The third-order valence-corrected chi connectivity index (χ3v) is 4.87. The summed E-state index contributed by atoms with van der Waals surface area (Å²) in [4.78, 5) is 25.6. The van der Waals surface area contributed by atoms with Crippen LogP contribution in [0.4, 0.5) is 0 Å². The Hall–Kier alpha value is -1.36. The number of carbonyl (C=O) groups excluding carboxylic acids is 1. The molecule has 2 atom stereocenters. The number of aliphatic carboxylic acids is 1. The Balaban J connectivity index is 2.14. The largest absolute Gasteiger partial charge is 0.481 e. The number of benzene rings is 1. The van der Waals surface area contributed by atoms with Crippen LogP contribution in [0.5, 0.6) is 0 Å². The second-order valence-electron chi connectivity index (χ2n) is 5.70. The molecular weight excluding hydrogens is 334 g/mol. The zero-order valence-electron chi connectivity index (χ0n) is 12.3. The highest BCUT2D eigenvalue weighted by Crippen LogP contribution is 2.32. The lowest BCUT2D eigenvalue weighted by Gasteiger charge is -2.27. The minimum absolute atomic E-state index is 0.0665. The number of carboxylic acids is 1. The van der Waals surface area contributed by atoms with Gasteiger partial charge in [0.05, 0.1) is 5.92 Å². The number of hydrogen-bond donors (Lipinski definition) is 1. The fraction of sp³-hybridized carbons (Fsp3) is 0.500. The van der Waals surface area contributed by atoms with Crippen molar-refractivity contribution in [2.45, 2.75) is 39.3 Å². The van der Waals surface area contributed by atoms with Gasteiger partial charge in [0.15, 0.2) is 0 Å². The van der Waals surface area contributed by atoms with Gasteiger partial charge in [-0.25, -0.2) is 0 Å². The summed E-state index contributed by atoms with van der Waals surface area (Å²) in [5.41, 5.74) is 1.05. The number of nitrogens with zero attached hydrogens (tertiary/aromatic N) is 1. The van der Waals surface area contributed by atoms with E-state index in [4.69, 9.17) is 5.11 Å². The molecule has 0 bridgehead atoms. The van der Waals surface area contributed by atoms with Gasteiger partial charge in [-0.2, -0.15) is 0 Å². The maximum Gasteiger partial charge on any atom is 0.307 e. The molecule has 1 aliphatic rings. The Bertz CT molecular complexity index is 542. The third-order valence-electron chi connectivity index (χ3n) is 4.10. The minimum Gasteiger partial charge on any atom is -0.481 e. The average molecular weight is 354 g/mol. The van der Waals surface area contributed by atoms with Crippen molar-refractivity contribution < 1.29 is 14.7 Å². The van der Waals surface area contributed by atoms with E-state index in [0.717, 1.165) is 22.9 Å². The van der Waals surface area contributed by atoms with E-state index in [2.05, 4.69) is 15.9 Å². The summed E-state index contributed by atoms with van der Waals surface area (Å²) < 4.78 is 0.974. The standard InChI is InChI=1S/C16H20BrNO3/c1-10(11(2)16(20)21)15(19)18(13-7-8-13)9-12-5-3-4-6-14(12)17/h3-6,10-11,13H,7-9H2,1-2H3,(H,20,21). The van der Waals surface area contributed by atoms with Gasteiger partial charge in [-0.15, -0.1) is 0 Å². The Labute approximate surface area is 133 Å². The van der Waals surface area contributed by atoms with Gasteiger partial charge in [-0.1, -0.05) is 48.0 Å². The topological polar surface area (TPSA) is 57.6 Å². The van der Waals surface area contributed by atoms with Crippen LogP contribution in [-0.2, 0) is 16.1 Å². The van der Waals surface area contributed by atoms with Crippen LogP contribution >= 0.6 is 15.9 Å². The predicted molar refractivity (Wildman–Crippen MR) is 83.7 cm³/mol. The van der Waals surface area contributed by atoms with Gasteiger partial charge in [-0.3, -0.25) is 9.59 Å². The summed E-state index contributed by atoms with van der Waals surface area (Å²) in [7, 11) is 0. The Morgan fingerprint density at radius 2 is 1.90 bits per heavy atom. The van der Waals surface area contributed by atoms with E-state index in [9.17, 15) is 9.59 Å². The van der Waals surface area contributed by atoms with E-state index in [1.165, 1.54) is 0 Å². The normalized spacial score (nSPS) is 17.1. The maximum absolute atomic E-state index is 12.6. The summed E-state index contributed by atoms with van der Waals surface area (Å²) in [5.74, 6) is -2.17. The van der Waals surface area contributed by atoms with Crippen molar-refractivity contribution in [2.24, 2.45) is 11.8 Å². The average Bonchev–Trinajstić information content (AvgIpc) is 3.28. The molecule has 1 N–H and O–H groups in total. The lowest BCUT2D eigenvalue weighted by Crippen LogP contribution is -2.40. The molecule has 5 heteroatoms. The molecule has 4 nitrogen and oxygen atoms in total. The molecule has 1 aliphatic carbocycles. The molecule has 0 radical (unpaired) electrons. The zero-order valence-corrected chi connectivity index (χ0v) is 13.8.